The predicted molar refractivity (Wildman–Crippen MR) is 107 cm³/mol. The smallest absolute Gasteiger partial charge is 0.318 e. The van der Waals surface area contributed by atoms with Gasteiger partial charge in [0.1, 0.15) is 11.8 Å². The van der Waals surface area contributed by atoms with Gasteiger partial charge in [-0.25, -0.2) is 0 Å². The van der Waals surface area contributed by atoms with Gasteiger partial charge >= 0.3 is 11.9 Å². The van der Waals surface area contributed by atoms with Gasteiger partial charge in [-0.15, -0.1) is 0 Å². The van der Waals surface area contributed by atoms with Gasteiger partial charge in [-0.2, -0.15) is 0 Å². The fourth-order valence-corrected chi connectivity index (χ4v) is 3.77. The molecule has 4 atom stereocenters. The van der Waals surface area contributed by atoms with Crippen LogP contribution in [-0.4, -0.2) is 30.9 Å². The minimum absolute atomic E-state index is 0.149. The van der Waals surface area contributed by atoms with Crippen molar-refractivity contribution in [2.45, 2.75) is 25.9 Å². The second kappa shape index (κ2) is 9.47. The number of piperidine rings is 1. The van der Waals surface area contributed by atoms with Crippen LogP contribution in [-0.2, 0) is 23.9 Å². The first kappa shape index (κ1) is 20.7. The number of hydrogen-bond acceptors (Lipinski definition) is 6. The molecular formula is C23H25NO5. The lowest BCUT2D eigenvalue weighted by Gasteiger charge is -2.39. The monoisotopic (exact) mass is 395 g/mol. The molecule has 0 amide bonds. The largest absolute Gasteiger partial charge is 0.465 e. The Morgan fingerprint density at radius 1 is 0.759 bits per heavy atom. The van der Waals surface area contributed by atoms with Crippen LogP contribution >= 0.6 is 0 Å². The lowest BCUT2D eigenvalue weighted by Crippen LogP contribution is -2.54. The number of hydrogen-bond donors (Lipinski definition) is 1. The third-order valence-electron chi connectivity index (χ3n) is 5.04. The zero-order chi connectivity index (χ0) is 20.8. The first-order valence-electron chi connectivity index (χ1n) is 9.81. The summed E-state index contributed by atoms with van der Waals surface area (Å²) < 4.78 is 10.4. The summed E-state index contributed by atoms with van der Waals surface area (Å²) in [5.74, 6) is -4.03. The highest BCUT2D eigenvalue weighted by Gasteiger charge is 2.52. The third-order valence-corrected chi connectivity index (χ3v) is 5.04. The van der Waals surface area contributed by atoms with Crippen molar-refractivity contribution < 1.29 is 23.9 Å². The number of ether oxygens (including phenoxy) is 2. The molecule has 3 rings (SSSR count). The fraction of sp³-hybridized carbons (Fsp3) is 0.348. The molecule has 1 fully saturated rings. The highest BCUT2D eigenvalue weighted by atomic mass is 16.5. The van der Waals surface area contributed by atoms with E-state index in [9.17, 15) is 14.4 Å². The Morgan fingerprint density at radius 2 is 1.14 bits per heavy atom. The Balaban J connectivity index is 2.08. The van der Waals surface area contributed by atoms with Gasteiger partial charge in [0.05, 0.1) is 25.3 Å². The average Bonchev–Trinajstić information content (AvgIpc) is 2.74. The maximum atomic E-state index is 13.5. The molecule has 2 aromatic carbocycles. The van der Waals surface area contributed by atoms with E-state index in [1.54, 1.807) is 13.8 Å². The first-order valence-corrected chi connectivity index (χ1v) is 9.81. The summed E-state index contributed by atoms with van der Waals surface area (Å²) in [5, 5.41) is 3.37. The van der Waals surface area contributed by atoms with Crippen LogP contribution in [0.15, 0.2) is 60.7 Å². The van der Waals surface area contributed by atoms with Gasteiger partial charge in [-0.3, -0.25) is 14.4 Å². The summed E-state index contributed by atoms with van der Waals surface area (Å²) in [5.41, 5.74) is 1.56. The molecule has 0 aliphatic carbocycles. The number of rotatable bonds is 6. The lowest BCUT2D eigenvalue weighted by molar-refractivity contribution is -0.162. The average molecular weight is 395 g/mol. The molecule has 6 nitrogen and oxygen atoms in total. The van der Waals surface area contributed by atoms with Gasteiger partial charge in [-0.1, -0.05) is 60.7 Å². The Kier molecular flexibility index (Phi) is 6.77. The van der Waals surface area contributed by atoms with E-state index >= 15 is 0 Å². The highest BCUT2D eigenvalue weighted by Crippen LogP contribution is 2.39. The van der Waals surface area contributed by atoms with Gasteiger partial charge < -0.3 is 14.8 Å². The SMILES string of the molecule is CCOC(=O)[C@H]1C(=O)[C@@H](C(=O)OCC)[C@H](c2ccccc2)N[C@@H]1c1ccccc1. The van der Waals surface area contributed by atoms with Gasteiger partial charge in [0, 0.05) is 0 Å². The molecule has 1 aliphatic rings. The van der Waals surface area contributed by atoms with Crippen LogP contribution in [0.4, 0.5) is 0 Å². The molecule has 0 unspecified atom stereocenters. The van der Waals surface area contributed by atoms with E-state index < -0.39 is 41.6 Å². The van der Waals surface area contributed by atoms with E-state index in [0.717, 1.165) is 11.1 Å². The van der Waals surface area contributed by atoms with Crippen molar-refractivity contribution in [1.29, 1.82) is 0 Å². The van der Waals surface area contributed by atoms with Gasteiger partial charge in [0.25, 0.3) is 0 Å². The van der Waals surface area contributed by atoms with Crippen molar-refractivity contribution >= 4 is 17.7 Å². The maximum absolute atomic E-state index is 13.5. The Morgan fingerprint density at radius 3 is 1.48 bits per heavy atom. The molecule has 2 aromatic rings. The number of esters is 2. The van der Waals surface area contributed by atoms with Crippen molar-refractivity contribution in [3.63, 3.8) is 0 Å². The van der Waals surface area contributed by atoms with E-state index in [4.69, 9.17) is 9.47 Å². The molecule has 1 aliphatic heterocycles. The van der Waals surface area contributed by atoms with E-state index in [2.05, 4.69) is 5.32 Å². The standard InChI is InChI=1S/C23H25NO5/c1-3-28-22(26)17-19(15-11-7-5-8-12-15)24-20(16-13-9-6-10-14-16)18(21(17)25)23(27)29-4-2/h5-14,17-20,24H,3-4H2,1-2H3/t17-,18+,19-,20+. The van der Waals surface area contributed by atoms with E-state index in [-0.39, 0.29) is 13.2 Å². The van der Waals surface area contributed by atoms with Crippen LogP contribution in [0.3, 0.4) is 0 Å². The molecule has 0 spiro atoms. The summed E-state index contributed by atoms with van der Waals surface area (Å²) in [7, 11) is 0. The fourth-order valence-electron chi connectivity index (χ4n) is 3.77. The normalized spacial score (nSPS) is 24.0. The van der Waals surface area contributed by atoms with Gasteiger partial charge in [0.2, 0.25) is 0 Å². The quantitative estimate of drug-likeness (QED) is 0.598. The molecule has 6 heteroatoms. The first-order chi connectivity index (χ1) is 14.1. The minimum atomic E-state index is -1.13. The molecule has 0 saturated carbocycles. The van der Waals surface area contributed by atoms with Crippen molar-refractivity contribution in [2.24, 2.45) is 11.8 Å². The number of nitrogens with one attached hydrogen (secondary N) is 1. The number of benzene rings is 2. The molecule has 1 N–H and O–H groups in total. The second-order valence-corrected chi connectivity index (χ2v) is 6.81. The summed E-state index contributed by atoms with van der Waals surface area (Å²) in [6.45, 7) is 3.67. The van der Waals surface area contributed by atoms with Crippen molar-refractivity contribution in [3.05, 3.63) is 71.8 Å². The molecule has 0 radical (unpaired) electrons. The van der Waals surface area contributed by atoms with Gasteiger partial charge in [0.15, 0.2) is 5.78 Å². The van der Waals surface area contributed by atoms with Crippen LogP contribution in [0.1, 0.15) is 37.1 Å². The minimum Gasteiger partial charge on any atom is -0.465 e. The number of carbonyl (C=O) groups excluding carboxylic acids is 3. The van der Waals surface area contributed by atoms with Crippen molar-refractivity contribution in [1.82, 2.24) is 5.32 Å². The van der Waals surface area contributed by atoms with Gasteiger partial charge in [-0.05, 0) is 25.0 Å². The van der Waals surface area contributed by atoms with E-state index in [1.807, 2.05) is 60.7 Å². The lowest BCUT2D eigenvalue weighted by atomic mass is 9.74. The molecule has 1 heterocycles. The van der Waals surface area contributed by atoms with Crippen molar-refractivity contribution in [3.8, 4) is 0 Å². The zero-order valence-corrected chi connectivity index (χ0v) is 16.5. The van der Waals surface area contributed by atoms with E-state index in [1.165, 1.54) is 0 Å². The van der Waals surface area contributed by atoms with Crippen LogP contribution in [0.25, 0.3) is 0 Å². The Bertz CT molecular complexity index is 783. The molecule has 0 aromatic heterocycles. The van der Waals surface area contributed by atoms with Crippen molar-refractivity contribution in [2.75, 3.05) is 13.2 Å². The summed E-state index contributed by atoms with van der Waals surface area (Å²) in [4.78, 5) is 38.9. The summed E-state index contributed by atoms with van der Waals surface area (Å²) in [6, 6.07) is 17.3. The Labute approximate surface area is 170 Å². The second-order valence-electron chi connectivity index (χ2n) is 6.81. The molecule has 152 valence electrons. The Hall–Kier alpha value is -2.99. The van der Waals surface area contributed by atoms with E-state index in [0.29, 0.717) is 0 Å². The number of Topliss-reactive ketones (excluding diaryl/α,β-unsaturated/α-hetero) is 1. The van der Waals surface area contributed by atoms with Crippen LogP contribution < -0.4 is 5.32 Å². The highest BCUT2D eigenvalue weighted by molar-refractivity contribution is 6.10. The van der Waals surface area contributed by atoms with Crippen LogP contribution in [0.5, 0.6) is 0 Å². The molecule has 29 heavy (non-hydrogen) atoms. The van der Waals surface area contributed by atoms with Crippen LogP contribution in [0.2, 0.25) is 0 Å². The zero-order valence-electron chi connectivity index (χ0n) is 16.5. The third kappa shape index (κ3) is 4.38. The number of carbonyl (C=O) groups is 3. The maximum Gasteiger partial charge on any atom is 0.318 e. The molecule has 1 saturated heterocycles. The summed E-state index contributed by atoms with van der Waals surface area (Å²) in [6.07, 6.45) is 0. The number of ketones is 1. The predicted octanol–water partition coefficient (Wildman–Crippen LogP) is 3.00. The summed E-state index contributed by atoms with van der Waals surface area (Å²) >= 11 is 0. The molecular weight excluding hydrogens is 370 g/mol. The topological polar surface area (TPSA) is 81.7 Å². The van der Waals surface area contributed by atoms with Crippen LogP contribution in [0, 0.1) is 11.8 Å². The molecule has 0 bridgehead atoms.